The molecule has 0 aliphatic carbocycles. The average Bonchev–Trinajstić information content (AvgIpc) is 2.92. The highest BCUT2D eigenvalue weighted by molar-refractivity contribution is 5.82. The first kappa shape index (κ1) is 17.7. The lowest BCUT2D eigenvalue weighted by atomic mass is 9.99. The van der Waals surface area contributed by atoms with Crippen molar-refractivity contribution in [1.29, 1.82) is 0 Å². The molecule has 2 fully saturated rings. The maximum Gasteiger partial charge on any atom is 0.239 e. The highest BCUT2D eigenvalue weighted by Crippen LogP contribution is 2.20. The number of ether oxygens (including phenoxy) is 1. The largest absolute Gasteiger partial charge is 0.381 e. The first-order valence-electron chi connectivity index (χ1n) is 8.74. The minimum atomic E-state index is -0.0544. The molecule has 1 N–H and O–H groups in total. The fraction of sp³-hybridized carbons (Fsp3) is 0.941. The number of carbonyl (C=O) groups excluding carboxylic acids is 1. The molecule has 2 rings (SSSR count). The van der Waals surface area contributed by atoms with Gasteiger partial charge in [-0.05, 0) is 45.2 Å². The van der Waals surface area contributed by atoms with Crippen molar-refractivity contribution in [2.45, 2.75) is 45.2 Å². The van der Waals surface area contributed by atoms with Gasteiger partial charge in [-0.1, -0.05) is 13.8 Å². The van der Waals surface area contributed by atoms with E-state index in [2.05, 4.69) is 43.1 Å². The number of carbonyl (C=O) groups is 1. The molecule has 2 aliphatic rings. The topological polar surface area (TPSA) is 44.8 Å². The van der Waals surface area contributed by atoms with Crippen LogP contribution >= 0.6 is 0 Å². The van der Waals surface area contributed by atoms with E-state index in [1.54, 1.807) is 0 Å². The second-order valence-electron chi connectivity index (χ2n) is 7.48. The van der Waals surface area contributed by atoms with Crippen LogP contribution in [-0.4, -0.2) is 74.7 Å². The van der Waals surface area contributed by atoms with E-state index in [4.69, 9.17) is 4.74 Å². The molecule has 5 heteroatoms. The van der Waals surface area contributed by atoms with Crippen LogP contribution in [0.4, 0.5) is 0 Å². The van der Waals surface area contributed by atoms with Crippen molar-refractivity contribution in [3.05, 3.63) is 0 Å². The number of likely N-dealkylation sites (tertiary alicyclic amines) is 1. The van der Waals surface area contributed by atoms with Gasteiger partial charge in [0.1, 0.15) is 0 Å². The van der Waals surface area contributed by atoms with Crippen LogP contribution in [0.3, 0.4) is 0 Å². The number of nitrogens with one attached hydrogen (secondary N) is 1. The van der Waals surface area contributed by atoms with Crippen LogP contribution in [-0.2, 0) is 9.53 Å². The molecule has 0 bridgehead atoms. The Morgan fingerprint density at radius 2 is 1.95 bits per heavy atom. The van der Waals surface area contributed by atoms with Crippen LogP contribution in [0.15, 0.2) is 0 Å². The molecule has 0 unspecified atom stereocenters. The van der Waals surface area contributed by atoms with Crippen molar-refractivity contribution in [3.8, 4) is 0 Å². The zero-order valence-corrected chi connectivity index (χ0v) is 14.7. The zero-order chi connectivity index (χ0) is 16.1. The van der Waals surface area contributed by atoms with E-state index in [1.807, 2.05) is 0 Å². The van der Waals surface area contributed by atoms with E-state index in [9.17, 15) is 4.79 Å². The molecule has 1 amide bonds. The van der Waals surface area contributed by atoms with Gasteiger partial charge in [0, 0.05) is 38.9 Å². The summed E-state index contributed by atoms with van der Waals surface area (Å²) in [5, 5.41) is 3.61. The van der Waals surface area contributed by atoms with E-state index >= 15 is 0 Å². The highest BCUT2D eigenvalue weighted by Gasteiger charge is 2.33. The molecule has 0 saturated carbocycles. The van der Waals surface area contributed by atoms with Crippen molar-refractivity contribution >= 4 is 5.91 Å². The molecule has 5 nitrogen and oxygen atoms in total. The van der Waals surface area contributed by atoms with Crippen molar-refractivity contribution in [1.82, 2.24) is 15.1 Å². The minimum Gasteiger partial charge on any atom is -0.381 e. The zero-order valence-electron chi connectivity index (χ0n) is 14.7. The van der Waals surface area contributed by atoms with E-state index < -0.39 is 0 Å². The molecule has 22 heavy (non-hydrogen) atoms. The first-order chi connectivity index (χ1) is 10.5. The van der Waals surface area contributed by atoms with Gasteiger partial charge in [-0.15, -0.1) is 0 Å². The summed E-state index contributed by atoms with van der Waals surface area (Å²) in [6.45, 7) is 8.80. The number of amides is 1. The molecule has 0 aromatic rings. The summed E-state index contributed by atoms with van der Waals surface area (Å²) >= 11 is 0. The van der Waals surface area contributed by atoms with Gasteiger partial charge in [-0.25, -0.2) is 0 Å². The van der Waals surface area contributed by atoms with E-state index in [1.165, 1.54) is 0 Å². The Hall–Kier alpha value is -0.650. The molecular formula is C17H33N3O2. The third-order valence-electron chi connectivity index (χ3n) is 4.79. The fourth-order valence-electron chi connectivity index (χ4n) is 3.56. The first-order valence-corrected chi connectivity index (χ1v) is 8.74. The number of nitrogens with zero attached hydrogens (tertiary/aromatic N) is 2. The van der Waals surface area contributed by atoms with Gasteiger partial charge in [0.15, 0.2) is 0 Å². The van der Waals surface area contributed by atoms with Gasteiger partial charge < -0.3 is 19.9 Å². The van der Waals surface area contributed by atoms with Gasteiger partial charge in [-0.2, -0.15) is 0 Å². The van der Waals surface area contributed by atoms with E-state index in [0.29, 0.717) is 23.8 Å². The molecule has 2 heterocycles. The van der Waals surface area contributed by atoms with Gasteiger partial charge in [-0.3, -0.25) is 4.79 Å². The Morgan fingerprint density at radius 1 is 1.27 bits per heavy atom. The number of hydrogen-bond donors (Lipinski definition) is 1. The molecule has 128 valence electrons. The van der Waals surface area contributed by atoms with E-state index in [-0.39, 0.29) is 6.04 Å². The lowest BCUT2D eigenvalue weighted by molar-refractivity contribution is -0.134. The van der Waals surface area contributed by atoms with Crippen LogP contribution < -0.4 is 5.32 Å². The average molecular weight is 311 g/mol. The summed E-state index contributed by atoms with van der Waals surface area (Å²) in [4.78, 5) is 17.2. The molecule has 0 spiro atoms. The van der Waals surface area contributed by atoms with Crippen molar-refractivity contribution < 1.29 is 9.53 Å². The lowest BCUT2D eigenvalue weighted by Gasteiger charge is -2.32. The van der Waals surface area contributed by atoms with Crippen LogP contribution in [0.2, 0.25) is 0 Å². The molecule has 2 aliphatic heterocycles. The van der Waals surface area contributed by atoms with Crippen molar-refractivity contribution in [2.75, 3.05) is 46.9 Å². The number of rotatable bonds is 6. The third-order valence-corrected chi connectivity index (χ3v) is 4.79. The molecule has 0 aromatic heterocycles. The van der Waals surface area contributed by atoms with Crippen molar-refractivity contribution in [3.63, 3.8) is 0 Å². The fourth-order valence-corrected chi connectivity index (χ4v) is 3.56. The second-order valence-corrected chi connectivity index (χ2v) is 7.48. The Kier molecular flexibility index (Phi) is 6.66. The summed E-state index contributed by atoms with van der Waals surface area (Å²) < 4.78 is 5.41. The molecule has 2 saturated heterocycles. The summed E-state index contributed by atoms with van der Waals surface area (Å²) in [5.74, 6) is 1.24. The standard InChI is InChI=1S/C17H33N3O2/c1-13(2)16(18-15-6-9-22-10-7-15)17(21)20-8-5-14(12-20)11-19(3)4/h13-16,18H,5-12H2,1-4H3/t14-,16-/m0/s1. The highest BCUT2D eigenvalue weighted by atomic mass is 16.5. The maximum atomic E-state index is 12.9. The lowest BCUT2D eigenvalue weighted by Crippen LogP contribution is -2.53. The van der Waals surface area contributed by atoms with Crippen LogP contribution in [0.5, 0.6) is 0 Å². The summed E-state index contributed by atoms with van der Waals surface area (Å²) in [6, 6.07) is 0.367. The molecule has 2 atom stereocenters. The van der Waals surface area contributed by atoms with Gasteiger partial charge in [0.25, 0.3) is 0 Å². The monoisotopic (exact) mass is 311 g/mol. The maximum absolute atomic E-state index is 12.9. The summed E-state index contributed by atoms with van der Waals surface area (Å²) in [7, 11) is 4.21. The van der Waals surface area contributed by atoms with Gasteiger partial charge in [0.2, 0.25) is 5.91 Å². The Bertz CT molecular complexity index is 354. The Morgan fingerprint density at radius 3 is 2.55 bits per heavy atom. The molecule has 0 aromatic carbocycles. The minimum absolute atomic E-state index is 0.0544. The Labute approximate surface area is 135 Å². The number of hydrogen-bond acceptors (Lipinski definition) is 4. The molecular weight excluding hydrogens is 278 g/mol. The van der Waals surface area contributed by atoms with Crippen molar-refractivity contribution in [2.24, 2.45) is 11.8 Å². The predicted octanol–water partition coefficient (Wildman–Crippen LogP) is 1.19. The van der Waals surface area contributed by atoms with Crippen LogP contribution in [0.25, 0.3) is 0 Å². The second kappa shape index (κ2) is 8.27. The van der Waals surface area contributed by atoms with E-state index in [0.717, 1.165) is 52.1 Å². The van der Waals surface area contributed by atoms with Gasteiger partial charge in [0.05, 0.1) is 6.04 Å². The quantitative estimate of drug-likeness (QED) is 0.800. The predicted molar refractivity (Wildman–Crippen MR) is 88.8 cm³/mol. The summed E-state index contributed by atoms with van der Waals surface area (Å²) in [5.41, 5.74) is 0. The SMILES string of the molecule is CC(C)[C@H](NC1CCOCC1)C(=O)N1CC[C@@H](CN(C)C)C1. The third kappa shape index (κ3) is 4.93. The van der Waals surface area contributed by atoms with Crippen LogP contribution in [0.1, 0.15) is 33.1 Å². The Balaban J connectivity index is 1.89. The summed E-state index contributed by atoms with van der Waals surface area (Å²) in [6.07, 6.45) is 3.16. The molecule has 0 radical (unpaired) electrons. The van der Waals surface area contributed by atoms with Crippen LogP contribution in [0, 0.1) is 11.8 Å². The smallest absolute Gasteiger partial charge is 0.239 e. The normalized spacial score (nSPS) is 25.2. The van der Waals surface area contributed by atoms with Gasteiger partial charge >= 0.3 is 0 Å².